The summed E-state index contributed by atoms with van der Waals surface area (Å²) in [6.45, 7) is -0.243. The highest BCUT2D eigenvalue weighted by Gasteiger charge is 2.32. The second-order valence-corrected chi connectivity index (χ2v) is 5.57. The Hall–Kier alpha value is -2.77. The summed E-state index contributed by atoms with van der Waals surface area (Å²) >= 11 is 0. The lowest BCUT2D eigenvalue weighted by molar-refractivity contribution is -0.144. The SMILES string of the molecule is CC(O)C(NC(=O)C(CCC(=O)O)NC(=O)CN)C(=O)NC(CO)C(=O)O. The first-order valence-electron chi connectivity index (χ1n) is 7.87. The van der Waals surface area contributed by atoms with Crippen molar-refractivity contribution in [2.45, 2.75) is 44.0 Å². The molecule has 154 valence electrons. The maximum absolute atomic E-state index is 12.3. The maximum atomic E-state index is 12.3. The molecule has 0 aliphatic rings. The minimum absolute atomic E-state index is 0.310. The molecule has 0 aromatic heterocycles. The van der Waals surface area contributed by atoms with Gasteiger partial charge < -0.3 is 42.1 Å². The molecule has 0 aliphatic carbocycles. The number of amides is 3. The first-order valence-corrected chi connectivity index (χ1v) is 7.87. The van der Waals surface area contributed by atoms with Crippen LogP contribution in [0.1, 0.15) is 19.8 Å². The lowest BCUT2D eigenvalue weighted by Crippen LogP contribution is -2.59. The van der Waals surface area contributed by atoms with Gasteiger partial charge >= 0.3 is 11.9 Å². The largest absolute Gasteiger partial charge is 0.481 e. The molecule has 0 aliphatic heterocycles. The first kappa shape index (κ1) is 24.2. The number of aliphatic carboxylic acids is 2. The van der Waals surface area contributed by atoms with Crippen LogP contribution in [-0.2, 0) is 24.0 Å². The molecule has 13 nitrogen and oxygen atoms in total. The number of nitrogens with two attached hydrogens (primary N) is 1. The number of aliphatic hydroxyl groups excluding tert-OH is 2. The summed E-state index contributed by atoms with van der Waals surface area (Å²) in [4.78, 5) is 57.3. The van der Waals surface area contributed by atoms with Crippen molar-refractivity contribution >= 4 is 29.7 Å². The molecule has 4 unspecified atom stereocenters. The molecule has 0 saturated heterocycles. The normalized spacial score (nSPS) is 15.0. The smallest absolute Gasteiger partial charge is 0.328 e. The van der Waals surface area contributed by atoms with Crippen molar-refractivity contribution in [2.24, 2.45) is 5.73 Å². The van der Waals surface area contributed by atoms with Gasteiger partial charge in [-0.15, -0.1) is 0 Å². The predicted octanol–water partition coefficient (Wildman–Crippen LogP) is -4.28. The molecule has 0 heterocycles. The zero-order valence-electron chi connectivity index (χ0n) is 14.5. The molecule has 0 rings (SSSR count). The van der Waals surface area contributed by atoms with Crippen LogP contribution in [0.25, 0.3) is 0 Å². The molecule has 0 radical (unpaired) electrons. The molecule has 3 amide bonds. The molecule has 0 spiro atoms. The highest BCUT2D eigenvalue weighted by molar-refractivity contribution is 5.94. The van der Waals surface area contributed by atoms with Crippen LogP contribution in [-0.4, -0.2) is 87.5 Å². The second-order valence-electron chi connectivity index (χ2n) is 5.57. The summed E-state index contributed by atoms with van der Waals surface area (Å²) in [6.07, 6.45) is -2.25. The number of aliphatic hydroxyl groups is 2. The van der Waals surface area contributed by atoms with E-state index in [9.17, 15) is 29.1 Å². The standard InChI is InChI=1S/C14H24N4O9/c1-6(20)11(13(25)17-8(5-19)14(26)27)18-12(24)7(2-3-10(22)23)16-9(21)4-15/h6-8,11,19-20H,2-5,15H2,1H3,(H,16,21)(H,17,25)(H,18,24)(H,22,23)(H,26,27). The predicted molar refractivity (Wildman–Crippen MR) is 88.1 cm³/mol. The van der Waals surface area contributed by atoms with Crippen molar-refractivity contribution in [1.29, 1.82) is 0 Å². The fourth-order valence-electron chi connectivity index (χ4n) is 1.90. The number of rotatable bonds is 12. The van der Waals surface area contributed by atoms with Crippen LogP contribution in [0.3, 0.4) is 0 Å². The summed E-state index contributed by atoms with van der Waals surface area (Å²) in [6, 6.07) is -4.62. The quantitative estimate of drug-likeness (QED) is 0.159. The van der Waals surface area contributed by atoms with Gasteiger partial charge in [0.15, 0.2) is 0 Å². The van der Waals surface area contributed by atoms with E-state index in [-0.39, 0.29) is 6.42 Å². The van der Waals surface area contributed by atoms with Gasteiger partial charge in [0.1, 0.15) is 18.1 Å². The number of carbonyl (C=O) groups excluding carboxylic acids is 3. The molecular formula is C14H24N4O9. The number of hydrogen-bond acceptors (Lipinski definition) is 8. The van der Waals surface area contributed by atoms with Crippen molar-refractivity contribution in [2.75, 3.05) is 13.2 Å². The second kappa shape index (κ2) is 11.8. The Morgan fingerprint density at radius 1 is 0.963 bits per heavy atom. The van der Waals surface area contributed by atoms with Gasteiger partial charge in [0, 0.05) is 6.42 Å². The topological polar surface area (TPSA) is 228 Å². The zero-order chi connectivity index (χ0) is 21.1. The van der Waals surface area contributed by atoms with E-state index in [2.05, 4.69) is 10.6 Å². The van der Waals surface area contributed by atoms with Crippen LogP contribution in [0.5, 0.6) is 0 Å². The Labute approximate surface area is 153 Å². The molecule has 0 aromatic carbocycles. The number of nitrogens with one attached hydrogen (secondary N) is 3. The summed E-state index contributed by atoms with van der Waals surface area (Å²) in [5.41, 5.74) is 5.13. The van der Waals surface area contributed by atoms with E-state index < -0.39 is 73.5 Å². The van der Waals surface area contributed by atoms with E-state index in [4.69, 9.17) is 21.1 Å². The fraction of sp³-hybridized carbons (Fsp3) is 0.643. The maximum Gasteiger partial charge on any atom is 0.328 e. The lowest BCUT2D eigenvalue weighted by Gasteiger charge is -2.25. The number of carbonyl (C=O) groups is 5. The Morgan fingerprint density at radius 2 is 1.56 bits per heavy atom. The van der Waals surface area contributed by atoms with E-state index in [0.717, 1.165) is 6.92 Å². The molecule has 0 fully saturated rings. The average Bonchev–Trinajstić information content (AvgIpc) is 2.59. The van der Waals surface area contributed by atoms with E-state index in [1.54, 1.807) is 0 Å². The van der Waals surface area contributed by atoms with Crippen LogP contribution in [0, 0.1) is 0 Å². The van der Waals surface area contributed by atoms with Crippen molar-refractivity contribution in [3.63, 3.8) is 0 Å². The lowest BCUT2D eigenvalue weighted by atomic mass is 10.1. The van der Waals surface area contributed by atoms with Gasteiger partial charge in [-0.2, -0.15) is 0 Å². The number of carboxylic acid groups (broad SMARTS) is 2. The monoisotopic (exact) mass is 392 g/mol. The first-order chi connectivity index (χ1) is 12.5. The molecule has 4 atom stereocenters. The van der Waals surface area contributed by atoms with E-state index in [0.29, 0.717) is 0 Å². The van der Waals surface area contributed by atoms with Crippen LogP contribution in [0.2, 0.25) is 0 Å². The summed E-state index contributed by atoms with van der Waals surface area (Å²) in [5, 5.41) is 42.4. The average molecular weight is 392 g/mol. The number of carboxylic acids is 2. The highest BCUT2D eigenvalue weighted by atomic mass is 16.4. The highest BCUT2D eigenvalue weighted by Crippen LogP contribution is 2.02. The van der Waals surface area contributed by atoms with Crippen LogP contribution < -0.4 is 21.7 Å². The molecule has 0 saturated carbocycles. The number of hydrogen-bond donors (Lipinski definition) is 8. The Morgan fingerprint density at radius 3 is 1.96 bits per heavy atom. The third-order valence-electron chi connectivity index (χ3n) is 3.34. The summed E-state index contributed by atoms with van der Waals surface area (Å²) < 4.78 is 0. The third kappa shape index (κ3) is 8.94. The summed E-state index contributed by atoms with van der Waals surface area (Å²) in [5.74, 6) is -5.58. The Balaban J connectivity index is 5.21. The molecule has 9 N–H and O–H groups in total. The minimum atomic E-state index is -1.66. The van der Waals surface area contributed by atoms with Crippen LogP contribution in [0.15, 0.2) is 0 Å². The zero-order valence-corrected chi connectivity index (χ0v) is 14.5. The van der Waals surface area contributed by atoms with Gasteiger partial charge in [-0.1, -0.05) is 0 Å². The molecule has 27 heavy (non-hydrogen) atoms. The van der Waals surface area contributed by atoms with E-state index in [1.165, 1.54) is 0 Å². The molecule has 13 heteroatoms. The molecule has 0 aromatic rings. The van der Waals surface area contributed by atoms with E-state index >= 15 is 0 Å². The Bertz CT molecular complexity index is 567. The minimum Gasteiger partial charge on any atom is -0.481 e. The van der Waals surface area contributed by atoms with Gasteiger partial charge in [0.2, 0.25) is 17.7 Å². The Kier molecular flexibility index (Phi) is 10.6. The fourth-order valence-corrected chi connectivity index (χ4v) is 1.90. The van der Waals surface area contributed by atoms with Crippen molar-refractivity contribution in [1.82, 2.24) is 16.0 Å². The van der Waals surface area contributed by atoms with Gasteiger partial charge in [0.05, 0.1) is 19.3 Å². The van der Waals surface area contributed by atoms with E-state index in [1.807, 2.05) is 5.32 Å². The van der Waals surface area contributed by atoms with Crippen LogP contribution >= 0.6 is 0 Å². The van der Waals surface area contributed by atoms with Gasteiger partial charge in [-0.3, -0.25) is 19.2 Å². The van der Waals surface area contributed by atoms with Gasteiger partial charge in [-0.05, 0) is 13.3 Å². The molecular weight excluding hydrogens is 368 g/mol. The van der Waals surface area contributed by atoms with Gasteiger partial charge in [-0.25, -0.2) is 4.79 Å². The van der Waals surface area contributed by atoms with Crippen LogP contribution in [0.4, 0.5) is 0 Å². The summed E-state index contributed by atoms with van der Waals surface area (Å²) in [7, 11) is 0. The molecule has 0 bridgehead atoms. The van der Waals surface area contributed by atoms with Crippen molar-refractivity contribution in [3.8, 4) is 0 Å². The van der Waals surface area contributed by atoms with Crippen molar-refractivity contribution in [3.05, 3.63) is 0 Å². The van der Waals surface area contributed by atoms with Crippen molar-refractivity contribution < 1.29 is 44.4 Å². The third-order valence-corrected chi connectivity index (χ3v) is 3.34. The van der Waals surface area contributed by atoms with Gasteiger partial charge in [0.25, 0.3) is 0 Å².